The van der Waals surface area contributed by atoms with E-state index in [2.05, 4.69) is 11.6 Å². The lowest BCUT2D eigenvalue weighted by atomic mass is 10.2. The molecule has 0 saturated heterocycles. The largest absolute Gasteiger partial charge is 0.486 e. The van der Waals surface area contributed by atoms with Gasteiger partial charge in [0.15, 0.2) is 10.9 Å². The van der Waals surface area contributed by atoms with Crippen LogP contribution in [-0.4, -0.2) is 17.4 Å². The van der Waals surface area contributed by atoms with Gasteiger partial charge in [-0.2, -0.15) is 0 Å². The molecule has 4 rings (SSSR count). The standard InChI is InChI=1S/C24H20N2O3S/c1-2-15-26(24-25-21(17-30-24)18-9-5-3-6-10-18)23(27)22-14-13-20(29-22)16-28-19-11-7-4-8-12-19/h2-14,17H,1,15-16H2. The maximum atomic E-state index is 13.1. The smallest absolute Gasteiger partial charge is 0.296 e. The molecule has 0 unspecified atom stereocenters. The van der Waals surface area contributed by atoms with Crippen molar-refractivity contribution in [2.45, 2.75) is 6.61 Å². The Hall–Kier alpha value is -3.64. The highest BCUT2D eigenvalue weighted by Crippen LogP contribution is 2.28. The summed E-state index contributed by atoms with van der Waals surface area (Å²) in [6, 6.07) is 22.7. The van der Waals surface area contributed by atoms with Gasteiger partial charge in [0, 0.05) is 17.5 Å². The molecule has 0 aliphatic carbocycles. The third-order valence-corrected chi connectivity index (χ3v) is 5.21. The fourth-order valence-corrected chi connectivity index (χ4v) is 3.72. The molecule has 0 saturated carbocycles. The summed E-state index contributed by atoms with van der Waals surface area (Å²) in [6.45, 7) is 4.34. The van der Waals surface area contributed by atoms with Gasteiger partial charge >= 0.3 is 0 Å². The maximum Gasteiger partial charge on any atom is 0.296 e. The second kappa shape index (κ2) is 9.24. The topological polar surface area (TPSA) is 55.6 Å². The first kappa shape index (κ1) is 19.7. The first-order valence-corrected chi connectivity index (χ1v) is 10.3. The molecule has 4 aromatic rings. The Morgan fingerprint density at radius 1 is 1.07 bits per heavy atom. The molecule has 0 spiro atoms. The number of para-hydroxylation sites is 1. The number of aromatic nitrogens is 1. The minimum Gasteiger partial charge on any atom is -0.486 e. The molecular weight excluding hydrogens is 396 g/mol. The lowest BCUT2D eigenvalue weighted by Crippen LogP contribution is -2.30. The molecule has 0 fully saturated rings. The molecule has 0 aliphatic heterocycles. The Kier molecular flexibility index (Phi) is 6.06. The van der Waals surface area contributed by atoms with Crippen LogP contribution in [-0.2, 0) is 6.61 Å². The Morgan fingerprint density at radius 3 is 2.53 bits per heavy atom. The predicted octanol–water partition coefficient (Wildman–Crippen LogP) is 5.81. The molecular formula is C24H20N2O3S. The molecule has 5 nitrogen and oxygen atoms in total. The number of furan rings is 1. The van der Waals surface area contributed by atoms with Crippen molar-refractivity contribution < 1.29 is 13.9 Å². The van der Waals surface area contributed by atoms with Crippen molar-refractivity contribution in [3.05, 3.63) is 102 Å². The van der Waals surface area contributed by atoms with Crippen molar-refractivity contribution >= 4 is 22.4 Å². The number of nitrogens with zero attached hydrogens (tertiary/aromatic N) is 2. The van der Waals surface area contributed by atoms with Crippen molar-refractivity contribution in [1.29, 1.82) is 0 Å². The Morgan fingerprint density at radius 2 is 1.80 bits per heavy atom. The summed E-state index contributed by atoms with van der Waals surface area (Å²) in [5.74, 6) is 1.28. The summed E-state index contributed by atoms with van der Waals surface area (Å²) in [4.78, 5) is 19.3. The number of ether oxygens (including phenoxy) is 1. The molecule has 1 amide bonds. The molecule has 6 heteroatoms. The van der Waals surface area contributed by atoms with Gasteiger partial charge in [-0.3, -0.25) is 9.69 Å². The third-order valence-electron chi connectivity index (χ3n) is 4.35. The van der Waals surface area contributed by atoms with Gasteiger partial charge in [0.05, 0.1) is 5.69 Å². The van der Waals surface area contributed by atoms with E-state index >= 15 is 0 Å². The number of amides is 1. The van der Waals surface area contributed by atoms with Crippen LogP contribution in [0.3, 0.4) is 0 Å². The maximum absolute atomic E-state index is 13.1. The van der Waals surface area contributed by atoms with Gasteiger partial charge in [0.1, 0.15) is 18.1 Å². The van der Waals surface area contributed by atoms with Crippen LogP contribution in [0.5, 0.6) is 5.75 Å². The van der Waals surface area contributed by atoms with E-state index in [9.17, 15) is 4.79 Å². The van der Waals surface area contributed by atoms with Gasteiger partial charge < -0.3 is 9.15 Å². The number of carbonyl (C=O) groups is 1. The van der Waals surface area contributed by atoms with Gasteiger partial charge in [-0.1, -0.05) is 54.6 Å². The number of carbonyl (C=O) groups excluding carboxylic acids is 1. The monoisotopic (exact) mass is 416 g/mol. The van der Waals surface area contributed by atoms with Crippen LogP contribution in [0.4, 0.5) is 5.13 Å². The predicted molar refractivity (Wildman–Crippen MR) is 119 cm³/mol. The molecule has 2 heterocycles. The zero-order valence-corrected chi connectivity index (χ0v) is 17.0. The Labute approximate surface area is 178 Å². The summed E-state index contributed by atoms with van der Waals surface area (Å²) in [6.07, 6.45) is 1.67. The Balaban J connectivity index is 1.49. The number of hydrogen-bond acceptors (Lipinski definition) is 5. The molecule has 2 aromatic carbocycles. The van der Waals surface area contributed by atoms with E-state index < -0.39 is 0 Å². The number of benzene rings is 2. The highest BCUT2D eigenvalue weighted by Gasteiger charge is 2.23. The zero-order chi connectivity index (χ0) is 20.8. The summed E-state index contributed by atoms with van der Waals surface area (Å²) >= 11 is 1.41. The van der Waals surface area contributed by atoms with Crippen LogP contribution in [0.1, 0.15) is 16.3 Å². The van der Waals surface area contributed by atoms with Gasteiger partial charge in [0.25, 0.3) is 5.91 Å². The fraction of sp³-hybridized carbons (Fsp3) is 0.0833. The van der Waals surface area contributed by atoms with Crippen LogP contribution in [0.15, 0.2) is 95.2 Å². The van der Waals surface area contributed by atoms with E-state index in [4.69, 9.17) is 9.15 Å². The highest BCUT2D eigenvalue weighted by atomic mass is 32.1. The first-order valence-electron chi connectivity index (χ1n) is 9.45. The fourth-order valence-electron chi connectivity index (χ4n) is 2.88. The molecule has 2 aromatic heterocycles. The summed E-state index contributed by atoms with van der Waals surface area (Å²) in [5, 5.41) is 2.53. The van der Waals surface area contributed by atoms with Crippen LogP contribution in [0.25, 0.3) is 11.3 Å². The van der Waals surface area contributed by atoms with Crippen molar-refractivity contribution in [2.24, 2.45) is 0 Å². The van der Waals surface area contributed by atoms with Gasteiger partial charge in [0.2, 0.25) is 0 Å². The van der Waals surface area contributed by atoms with E-state index in [0.29, 0.717) is 17.4 Å². The SMILES string of the molecule is C=CCN(C(=O)c1ccc(COc2ccccc2)o1)c1nc(-c2ccccc2)cs1. The number of thiazole rings is 1. The lowest BCUT2D eigenvalue weighted by molar-refractivity contribution is 0.0959. The molecule has 0 radical (unpaired) electrons. The first-order chi connectivity index (χ1) is 14.7. The molecule has 0 bridgehead atoms. The van der Waals surface area contributed by atoms with Crippen molar-refractivity contribution in [3.63, 3.8) is 0 Å². The summed E-state index contributed by atoms with van der Waals surface area (Å²) in [7, 11) is 0. The molecule has 0 N–H and O–H groups in total. The van der Waals surface area contributed by atoms with Crippen LogP contribution < -0.4 is 9.64 Å². The summed E-state index contributed by atoms with van der Waals surface area (Å²) < 4.78 is 11.4. The van der Waals surface area contributed by atoms with Crippen LogP contribution in [0.2, 0.25) is 0 Å². The van der Waals surface area contributed by atoms with E-state index in [0.717, 1.165) is 17.0 Å². The minimum absolute atomic E-state index is 0.236. The van der Waals surface area contributed by atoms with E-state index in [1.165, 1.54) is 11.3 Å². The zero-order valence-electron chi connectivity index (χ0n) is 16.2. The second-order valence-corrected chi connectivity index (χ2v) is 7.29. The van der Waals surface area contributed by atoms with Crippen LogP contribution >= 0.6 is 11.3 Å². The van der Waals surface area contributed by atoms with E-state index in [1.54, 1.807) is 23.1 Å². The Bertz CT molecular complexity index is 1120. The third kappa shape index (κ3) is 4.50. The number of hydrogen-bond donors (Lipinski definition) is 0. The molecule has 30 heavy (non-hydrogen) atoms. The van der Waals surface area contributed by atoms with E-state index in [-0.39, 0.29) is 18.3 Å². The summed E-state index contributed by atoms with van der Waals surface area (Å²) in [5.41, 5.74) is 1.83. The molecule has 0 atom stereocenters. The van der Waals surface area contributed by atoms with Gasteiger partial charge in [-0.25, -0.2) is 4.98 Å². The number of anilines is 1. The average molecular weight is 417 g/mol. The molecule has 150 valence electrons. The van der Waals surface area contributed by atoms with E-state index in [1.807, 2.05) is 66.0 Å². The van der Waals surface area contributed by atoms with Gasteiger partial charge in [-0.15, -0.1) is 17.9 Å². The normalized spacial score (nSPS) is 10.5. The lowest BCUT2D eigenvalue weighted by Gasteiger charge is -2.16. The highest BCUT2D eigenvalue weighted by molar-refractivity contribution is 7.14. The van der Waals surface area contributed by atoms with Gasteiger partial charge in [-0.05, 0) is 24.3 Å². The van der Waals surface area contributed by atoms with Crippen LogP contribution in [0, 0.1) is 0 Å². The van der Waals surface area contributed by atoms with Crippen molar-refractivity contribution in [1.82, 2.24) is 4.98 Å². The minimum atomic E-state index is -0.269. The second-order valence-electron chi connectivity index (χ2n) is 6.45. The molecule has 0 aliphatic rings. The number of rotatable bonds is 8. The quantitative estimate of drug-likeness (QED) is 0.340. The van der Waals surface area contributed by atoms with Crippen molar-refractivity contribution in [2.75, 3.05) is 11.4 Å². The average Bonchev–Trinajstić information content (AvgIpc) is 3.47. The van der Waals surface area contributed by atoms with Crippen molar-refractivity contribution in [3.8, 4) is 17.0 Å².